The van der Waals surface area contributed by atoms with E-state index in [1.165, 1.54) is 27.4 Å². The van der Waals surface area contributed by atoms with Gasteiger partial charge in [0.05, 0.1) is 21.3 Å². The van der Waals surface area contributed by atoms with Gasteiger partial charge in [-0.05, 0) is 35.4 Å². The smallest absolute Gasteiger partial charge is 0.437 e. The maximum Gasteiger partial charge on any atom is 0.513 e. The van der Waals surface area contributed by atoms with Gasteiger partial charge < -0.3 is 28.4 Å². The molecule has 0 spiro atoms. The fourth-order valence-electron chi connectivity index (χ4n) is 2.06. The molecule has 0 radical (unpaired) electrons. The van der Waals surface area contributed by atoms with Gasteiger partial charge in [0, 0.05) is 6.07 Å². The van der Waals surface area contributed by atoms with Crippen LogP contribution >= 0.6 is 0 Å². The molecule has 152 valence electrons. The summed E-state index contributed by atoms with van der Waals surface area (Å²) in [4.78, 5) is 33.8. The summed E-state index contributed by atoms with van der Waals surface area (Å²) in [5.74, 6) is 0.552. The normalized spacial score (nSPS) is 10.2. The first kappa shape index (κ1) is 21.3. The van der Waals surface area contributed by atoms with Crippen LogP contribution in [0.15, 0.2) is 42.5 Å². The van der Waals surface area contributed by atoms with Gasteiger partial charge in [0.15, 0.2) is 0 Å². The fraction of sp³-hybridized carbons (Fsp3) is 0.150. The lowest BCUT2D eigenvalue weighted by Gasteiger charge is -2.08. The highest BCUT2D eigenvalue weighted by Crippen LogP contribution is 2.25. The molecule has 0 fully saturated rings. The second-order valence-corrected chi connectivity index (χ2v) is 5.31. The van der Waals surface area contributed by atoms with E-state index in [4.69, 9.17) is 14.2 Å². The van der Waals surface area contributed by atoms with E-state index in [0.29, 0.717) is 11.3 Å². The van der Waals surface area contributed by atoms with Crippen LogP contribution in [0.5, 0.6) is 17.2 Å². The van der Waals surface area contributed by atoms with Crippen LogP contribution in [0.25, 0.3) is 12.2 Å². The zero-order valence-corrected chi connectivity index (χ0v) is 15.9. The predicted octanol–water partition coefficient (Wildman–Crippen LogP) is 4.29. The highest BCUT2D eigenvalue weighted by Gasteiger charge is 2.10. The summed E-state index contributed by atoms with van der Waals surface area (Å²) in [6, 6.07) is 11.1. The second-order valence-electron chi connectivity index (χ2n) is 5.31. The third-order valence-corrected chi connectivity index (χ3v) is 3.35. The van der Waals surface area contributed by atoms with E-state index in [2.05, 4.69) is 14.2 Å². The maximum atomic E-state index is 11.4. The monoisotopic (exact) mass is 402 g/mol. The quantitative estimate of drug-likeness (QED) is 0.313. The third kappa shape index (κ3) is 6.90. The summed E-state index contributed by atoms with van der Waals surface area (Å²) in [7, 11) is 3.56. The van der Waals surface area contributed by atoms with Crippen molar-refractivity contribution < 1.29 is 42.8 Å². The molecule has 0 saturated heterocycles. The van der Waals surface area contributed by atoms with Crippen molar-refractivity contribution in [3.8, 4) is 17.2 Å². The van der Waals surface area contributed by atoms with Crippen molar-refractivity contribution in [1.82, 2.24) is 0 Å². The molecule has 0 aliphatic carbocycles. The maximum absolute atomic E-state index is 11.4. The molecular weight excluding hydrogens is 384 g/mol. The molecule has 0 unspecified atom stereocenters. The molecule has 9 heteroatoms. The largest absolute Gasteiger partial charge is 0.513 e. The van der Waals surface area contributed by atoms with Crippen molar-refractivity contribution in [3.63, 3.8) is 0 Å². The topological polar surface area (TPSA) is 107 Å². The van der Waals surface area contributed by atoms with E-state index in [9.17, 15) is 14.4 Å². The van der Waals surface area contributed by atoms with Gasteiger partial charge in [0.1, 0.15) is 17.2 Å². The number of hydrogen-bond acceptors (Lipinski definition) is 9. The minimum Gasteiger partial charge on any atom is -0.437 e. The SMILES string of the molecule is COC(=O)Oc1ccc(/C=C/c2cc(OC(=O)OC)cc(OC(=O)OC)c2)cc1. The summed E-state index contributed by atoms with van der Waals surface area (Å²) in [6.45, 7) is 0. The Bertz CT molecular complexity index is 864. The van der Waals surface area contributed by atoms with Crippen molar-refractivity contribution in [2.75, 3.05) is 21.3 Å². The molecule has 9 nitrogen and oxygen atoms in total. The van der Waals surface area contributed by atoms with E-state index < -0.39 is 18.5 Å². The average molecular weight is 402 g/mol. The molecule has 0 saturated carbocycles. The van der Waals surface area contributed by atoms with Crippen molar-refractivity contribution in [2.24, 2.45) is 0 Å². The van der Waals surface area contributed by atoms with Gasteiger partial charge in [-0.15, -0.1) is 0 Å². The van der Waals surface area contributed by atoms with E-state index in [1.807, 2.05) is 0 Å². The Morgan fingerprint density at radius 2 is 1.00 bits per heavy atom. The minimum atomic E-state index is -0.920. The lowest BCUT2D eigenvalue weighted by Crippen LogP contribution is -2.09. The predicted molar refractivity (Wildman–Crippen MR) is 101 cm³/mol. The molecule has 2 aromatic rings. The molecule has 0 bridgehead atoms. The van der Waals surface area contributed by atoms with Crippen LogP contribution in [0, 0.1) is 0 Å². The first-order valence-electron chi connectivity index (χ1n) is 8.14. The van der Waals surface area contributed by atoms with Crippen LogP contribution in [0.4, 0.5) is 14.4 Å². The molecule has 2 aromatic carbocycles. The lowest BCUT2D eigenvalue weighted by atomic mass is 10.1. The first-order chi connectivity index (χ1) is 13.9. The van der Waals surface area contributed by atoms with Crippen molar-refractivity contribution in [2.45, 2.75) is 0 Å². The Labute approximate surface area is 166 Å². The zero-order valence-electron chi connectivity index (χ0n) is 15.9. The Kier molecular flexibility index (Phi) is 7.60. The molecule has 0 aliphatic rings. The Morgan fingerprint density at radius 3 is 1.45 bits per heavy atom. The summed E-state index contributed by atoms with van der Waals surface area (Å²) in [6.07, 6.45) is 0.799. The van der Waals surface area contributed by atoms with Gasteiger partial charge in [-0.3, -0.25) is 0 Å². The minimum absolute atomic E-state index is 0.111. The summed E-state index contributed by atoms with van der Waals surface area (Å²) >= 11 is 0. The molecule has 0 heterocycles. The lowest BCUT2D eigenvalue weighted by molar-refractivity contribution is 0.119. The second kappa shape index (κ2) is 10.4. The third-order valence-electron chi connectivity index (χ3n) is 3.35. The van der Waals surface area contributed by atoms with Gasteiger partial charge in [-0.2, -0.15) is 0 Å². The van der Waals surface area contributed by atoms with Crippen LogP contribution in [0.1, 0.15) is 11.1 Å². The van der Waals surface area contributed by atoms with Crippen LogP contribution in [0.2, 0.25) is 0 Å². The molecule has 0 N–H and O–H groups in total. The van der Waals surface area contributed by atoms with E-state index in [0.717, 1.165) is 5.56 Å². The molecule has 29 heavy (non-hydrogen) atoms. The summed E-state index contributed by atoms with van der Waals surface area (Å²) < 4.78 is 28.2. The number of hydrogen-bond donors (Lipinski definition) is 0. The number of ether oxygens (including phenoxy) is 6. The standard InChI is InChI=1S/C20H18O9/c1-24-18(21)27-15-8-6-13(7-9-15)4-5-14-10-16(28-19(22)25-2)12-17(11-14)29-20(23)26-3/h4-12H,1-3H3/b5-4+. The van der Waals surface area contributed by atoms with Crippen molar-refractivity contribution in [1.29, 1.82) is 0 Å². The fourth-order valence-corrected chi connectivity index (χ4v) is 2.06. The zero-order chi connectivity index (χ0) is 21.2. The molecule has 0 atom stereocenters. The van der Waals surface area contributed by atoms with Gasteiger partial charge in [-0.25, -0.2) is 14.4 Å². The first-order valence-corrected chi connectivity index (χ1v) is 8.14. The number of carbonyl (C=O) groups excluding carboxylic acids is 3. The summed E-state index contributed by atoms with van der Waals surface area (Å²) in [5.41, 5.74) is 1.36. The molecule has 0 aliphatic heterocycles. The Balaban J connectivity index is 2.21. The van der Waals surface area contributed by atoms with Crippen molar-refractivity contribution in [3.05, 3.63) is 53.6 Å². The number of methoxy groups -OCH3 is 3. The van der Waals surface area contributed by atoms with E-state index >= 15 is 0 Å². The highest BCUT2D eigenvalue weighted by atomic mass is 16.7. The Hall–Kier alpha value is -4.01. The van der Waals surface area contributed by atoms with E-state index in [-0.39, 0.29) is 11.5 Å². The average Bonchev–Trinajstić information content (AvgIpc) is 2.72. The van der Waals surface area contributed by atoms with Gasteiger partial charge in [0.2, 0.25) is 0 Å². The van der Waals surface area contributed by atoms with Crippen LogP contribution in [0.3, 0.4) is 0 Å². The highest BCUT2D eigenvalue weighted by molar-refractivity contribution is 5.73. The number of carbonyl (C=O) groups is 3. The number of rotatable bonds is 5. The van der Waals surface area contributed by atoms with Gasteiger partial charge in [0.25, 0.3) is 0 Å². The van der Waals surface area contributed by atoms with Crippen LogP contribution in [-0.2, 0) is 14.2 Å². The number of benzene rings is 2. The van der Waals surface area contributed by atoms with Gasteiger partial charge >= 0.3 is 18.5 Å². The summed E-state index contributed by atoms with van der Waals surface area (Å²) in [5, 5.41) is 0. The van der Waals surface area contributed by atoms with Gasteiger partial charge in [-0.1, -0.05) is 24.3 Å². The molecule has 0 amide bonds. The van der Waals surface area contributed by atoms with Crippen LogP contribution in [-0.4, -0.2) is 39.8 Å². The molecular formula is C20H18O9. The Morgan fingerprint density at radius 1 is 0.586 bits per heavy atom. The molecule has 2 rings (SSSR count). The van der Waals surface area contributed by atoms with Crippen LogP contribution < -0.4 is 14.2 Å². The van der Waals surface area contributed by atoms with Crippen molar-refractivity contribution >= 4 is 30.6 Å². The van der Waals surface area contributed by atoms with E-state index in [1.54, 1.807) is 48.6 Å². The molecule has 0 aromatic heterocycles.